The normalized spacial score (nSPS) is 15.0. The first-order chi connectivity index (χ1) is 16.8. The molecule has 0 atom stereocenters. The molecule has 2 aromatic carbocycles. The number of aliphatic carboxylic acids is 1. The summed E-state index contributed by atoms with van der Waals surface area (Å²) in [6.07, 6.45) is -0.680. The Morgan fingerprint density at radius 1 is 1.00 bits per heavy atom. The summed E-state index contributed by atoms with van der Waals surface area (Å²) in [7, 11) is 0. The molecule has 1 fully saturated rings. The zero-order valence-corrected chi connectivity index (χ0v) is 18.7. The maximum atomic E-state index is 13.0. The van der Waals surface area contributed by atoms with Crippen molar-refractivity contribution in [1.29, 1.82) is 0 Å². The Kier molecular flexibility index (Phi) is 5.92. The number of carbonyl (C=O) groups is 1. The van der Waals surface area contributed by atoms with E-state index in [0.29, 0.717) is 16.9 Å². The molecular weight excluding hydrogens is 457 g/mol. The average molecular weight is 480 g/mol. The number of hydrogen-bond acceptors (Lipinski definition) is 4. The van der Waals surface area contributed by atoms with E-state index < -0.39 is 17.7 Å². The van der Waals surface area contributed by atoms with Crippen LogP contribution in [-0.2, 0) is 11.0 Å². The molecular formula is C26H23F3N4O2. The van der Waals surface area contributed by atoms with E-state index in [1.54, 1.807) is 0 Å². The fourth-order valence-corrected chi connectivity index (χ4v) is 4.50. The quantitative estimate of drug-likeness (QED) is 0.366. The van der Waals surface area contributed by atoms with Crippen LogP contribution in [0.5, 0.6) is 0 Å². The topological polar surface area (TPSA) is 82.1 Å². The van der Waals surface area contributed by atoms with Crippen molar-refractivity contribution in [1.82, 2.24) is 15.0 Å². The van der Waals surface area contributed by atoms with Crippen LogP contribution in [0.2, 0.25) is 0 Å². The van der Waals surface area contributed by atoms with Gasteiger partial charge < -0.3 is 15.0 Å². The van der Waals surface area contributed by atoms with Crippen LogP contribution in [0.3, 0.4) is 0 Å². The highest BCUT2D eigenvalue weighted by Crippen LogP contribution is 2.32. The van der Waals surface area contributed by atoms with Gasteiger partial charge in [-0.25, -0.2) is 9.97 Å². The van der Waals surface area contributed by atoms with E-state index in [1.807, 2.05) is 42.6 Å². The first-order valence-electron chi connectivity index (χ1n) is 11.4. The number of benzene rings is 2. The minimum absolute atomic E-state index is 0.221. The van der Waals surface area contributed by atoms with Crippen molar-refractivity contribution in [2.24, 2.45) is 5.92 Å². The lowest BCUT2D eigenvalue weighted by atomic mass is 9.93. The first kappa shape index (κ1) is 22.9. The molecule has 0 spiro atoms. The third kappa shape index (κ3) is 4.99. The molecule has 9 heteroatoms. The zero-order valence-electron chi connectivity index (χ0n) is 18.7. The molecule has 4 aromatic rings. The van der Waals surface area contributed by atoms with Crippen LogP contribution in [0, 0.1) is 5.92 Å². The number of halogens is 3. The summed E-state index contributed by atoms with van der Waals surface area (Å²) < 4.78 is 38.9. The number of aromatic amines is 1. The lowest BCUT2D eigenvalue weighted by molar-refractivity contribution is -0.138. The Labute approximate surface area is 199 Å². The van der Waals surface area contributed by atoms with Gasteiger partial charge in [0.15, 0.2) is 0 Å². The molecule has 3 heterocycles. The fraction of sp³-hybridized carbons (Fsp3) is 0.269. The van der Waals surface area contributed by atoms with Crippen LogP contribution in [0.15, 0.2) is 60.8 Å². The van der Waals surface area contributed by atoms with E-state index in [1.165, 1.54) is 6.07 Å². The van der Waals surface area contributed by atoms with E-state index in [2.05, 4.69) is 19.9 Å². The van der Waals surface area contributed by atoms with E-state index in [9.17, 15) is 18.0 Å². The minimum Gasteiger partial charge on any atom is -0.481 e. The largest absolute Gasteiger partial charge is 0.481 e. The molecule has 0 bridgehead atoms. The molecule has 2 aromatic heterocycles. The smallest absolute Gasteiger partial charge is 0.416 e. The maximum Gasteiger partial charge on any atom is 0.416 e. The van der Waals surface area contributed by atoms with Gasteiger partial charge in [0.25, 0.3) is 0 Å². The SMILES string of the molecule is O=C(O)CC1CCN(c2ccc(-c3ccc(-c4nc5ccc(C(F)(F)F)cc5[nH]4)cc3)cn2)CC1. The Morgan fingerprint density at radius 2 is 1.69 bits per heavy atom. The van der Waals surface area contributed by atoms with Crippen molar-refractivity contribution in [3.05, 3.63) is 66.4 Å². The molecule has 1 saturated heterocycles. The highest BCUT2D eigenvalue weighted by Gasteiger charge is 2.30. The van der Waals surface area contributed by atoms with Crippen LogP contribution in [0.1, 0.15) is 24.8 Å². The summed E-state index contributed by atoms with van der Waals surface area (Å²) in [5.74, 6) is 0.859. The van der Waals surface area contributed by atoms with Gasteiger partial charge in [-0.3, -0.25) is 4.79 Å². The van der Waals surface area contributed by atoms with Gasteiger partial charge in [-0.2, -0.15) is 13.2 Å². The number of carboxylic acid groups (broad SMARTS) is 1. The van der Waals surface area contributed by atoms with Crippen LogP contribution in [0.25, 0.3) is 33.5 Å². The molecule has 35 heavy (non-hydrogen) atoms. The second-order valence-corrected chi connectivity index (χ2v) is 8.83. The molecule has 0 amide bonds. The summed E-state index contributed by atoms with van der Waals surface area (Å²) in [6, 6.07) is 15.0. The van der Waals surface area contributed by atoms with Crippen molar-refractivity contribution in [3.63, 3.8) is 0 Å². The third-order valence-electron chi connectivity index (χ3n) is 6.45. The molecule has 1 aliphatic rings. The second-order valence-electron chi connectivity index (χ2n) is 8.83. The van der Waals surface area contributed by atoms with E-state index >= 15 is 0 Å². The number of imidazole rings is 1. The predicted octanol–water partition coefficient (Wildman–Crippen LogP) is 6.00. The molecule has 5 rings (SSSR count). The molecule has 6 nitrogen and oxygen atoms in total. The van der Waals surface area contributed by atoms with Gasteiger partial charge in [0.05, 0.1) is 16.6 Å². The van der Waals surface area contributed by atoms with Gasteiger partial charge in [0, 0.05) is 36.8 Å². The Bertz CT molecular complexity index is 1340. The van der Waals surface area contributed by atoms with E-state index in [-0.39, 0.29) is 12.3 Å². The molecule has 2 N–H and O–H groups in total. The highest BCUT2D eigenvalue weighted by molar-refractivity contribution is 5.80. The maximum absolute atomic E-state index is 13.0. The Balaban J connectivity index is 1.28. The summed E-state index contributed by atoms with van der Waals surface area (Å²) in [6.45, 7) is 1.59. The van der Waals surface area contributed by atoms with Crippen LogP contribution >= 0.6 is 0 Å². The van der Waals surface area contributed by atoms with Gasteiger partial charge in [-0.05, 0) is 54.7 Å². The lowest BCUT2D eigenvalue weighted by Gasteiger charge is -2.32. The lowest BCUT2D eigenvalue weighted by Crippen LogP contribution is -2.34. The number of anilines is 1. The molecule has 0 aliphatic carbocycles. The van der Waals surface area contributed by atoms with Crippen molar-refractivity contribution in [2.75, 3.05) is 18.0 Å². The number of hydrogen-bond donors (Lipinski definition) is 2. The number of nitrogens with zero attached hydrogens (tertiary/aromatic N) is 3. The molecule has 0 saturated carbocycles. The summed E-state index contributed by atoms with van der Waals surface area (Å²) in [4.78, 5) is 25.1. The number of H-pyrrole nitrogens is 1. The summed E-state index contributed by atoms with van der Waals surface area (Å²) in [5.41, 5.74) is 2.78. The number of rotatable bonds is 5. The number of aromatic nitrogens is 3. The van der Waals surface area contributed by atoms with Gasteiger partial charge >= 0.3 is 12.1 Å². The average Bonchev–Trinajstić information content (AvgIpc) is 3.28. The minimum atomic E-state index is -4.40. The monoisotopic (exact) mass is 480 g/mol. The van der Waals surface area contributed by atoms with E-state index in [4.69, 9.17) is 5.11 Å². The van der Waals surface area contributed by atoms with Crippen LogP contribution < -0.4 is 4.90 Å². The second kappa shape index (κ2) is 9.05. The van der Waals surface area contributed by atoms with Gasteiger partial charge in [-0.1, -0.05) is 24.3 Å². The first-order valence-corrected chi connectivity index (χ1v) is 11.4. The number of carboxylic acids is 1. The number of alkyl halides is 3. The summed E-state index contributed by atoms with van der Waals surface area (Å²) >= 11 is 0. The standard InChI is InChI=1S/C26H23F3N4O2/c27-26(28,29)20-6-7-21-22(14-20)32-25(31-21)18-3-1-17(2-4-18)19-5-8-23(30-15-19)33-11-9-16(10-12-33)13-24(34)35/h1-8,14-16H,9-13H2,(H,31,32)(H,34,35). The number of piperidine rings is 1. The molecule has 1 aliphatic heterocycles. The summed E-state index contributed by atoms with van der Waals surface area (Å²) in [5, 5.41) is 8.97. The van der Waals surface area contributed by atoms with E-state index in [0.717, 1.165) is 60.6 Å². The van der Waals surface area contributed by atoms with Crippen LogP contribution in [-0.4, -0.2) is 39.1 Å². The number of nitrogens with one attached hydrogen (secondary N) is 1. The van der Waals surface area contributed by atoms with Crippen molar-refractivity contribution < 1.29 is 23.1 Å². The van der Waals surface area contributed by atoms with Crippen LogP contribution in [0.4, 0.5) is 19.0 Å². The highest BCUT2D eigenvalue weighted by atomic mass is 19.4. The van der Waals surface area contributed by atoms with Gasteiger partial charge in [0.1, 0.15) is 11.6 Å². The Hall–Kier alpha value is -3.88. The molecule has 180 valence electrons. The van der Waals surface area contributed by atoms with Gasteiger partial charge in [0.2, 0.25) is 0 Å². The predicted molar refractivity (Wildman–Crippen MR) is 127 cm³/mol. The number of pyridine rings is 1. The number of fused-ring (bicyclic) bond motifs is 1. The fourth-order valence-electron chi connectivity index (χ4n) is 4.50. The zero-order chi connectivity index (χ0) is 24.6. The third-order valence-corrected chi connectivity index (χ3v) is 6.45. The van der Waals surface area contributed by atoms with Crippen molar-refractivity contribution in [2.45, 2.75) is 25.4 Å². The van der Waals surface area contributed by atoms with Gasteiger partial charge in [-0.15, -0.1) is 0 Å². The molecule has 0 unspecified atom stereocenters. The molecule has 0 radical (unpaired) electrons. The van der Waals surface area contributed by atoms with Crippen molar-refractivity contribution in [3.8, 4) is 22.5 Å². The Morgan fingerprint density at radius 3 is 2.31 bits per heavy atom. The van der Waals surface area contributed by atoms with Crippen molar-refractivity contribution >= 4 is 22.8 Å².